The minimum Gasteiger partial charge on any atom is -0.497 e. The molecule has 1 aliphatic heterocycles. The van der Waals surface area contributed by atoms with E-state index in [1.807, 2.05) is 6.07 Å². The summed E-state index contributed by atoms with van der Waals surface area (Å²) in [6.07, 6.45) is 2.36. The normalized spacial score (nSPS) is 19.7. The van der Waals surface area contributed by atoms with E-state index in [9.17, 15) is 9.59 Å². The van der Waals surface area contributed by atoms with E-state index in [-0.39, 0.29) is 18.2 Å². The lowest BCUT2D eigenvalue weighted by Crippen LogP contribution is -3.14. The van der Waals surface area contributed by atoms with Crippen LogP contribution in [0.15, 0.2) is 18.2 Å². The number of hydrogen-bond donors (Lipinski definition) is 3. The first-order chi connectivity index (χ1) is 13.0. The summed E-state index contributed by atoms with van der Waals surface area (Å²) >= 11 is 0. The van der Waals surface area contributed by atoms with Crippen molar-refractivity contribution in [2.24, 2.45) is 5.92 Å². The predicted octanol–water partition coefficient (Wildman–Crippen LogP) is 1.61. The molecule has 0 spiro atoms. The zero-order valence-corrected chi connectivity index (χ0v) is 16.2. The highest BCUT2D eigenvalue weighted by Gasteiger charge is 2.25. The number of H-pyrrole nitrogens is 1. The van der Waals surface area contributed by atoms with Crippen LogP contribution in [0.5, 0.6) is 5.75 Å². The van der Waals surface area contributed by atoms with Crippen molar-refractivity contribution < 1.29 is 24.0 Å². The number of ether oxygens (including phenoxy) is 2. The van der Waals surface area contributed by atoms with E-state index >= 15 is 0 Å². The lowest BCUT2D eigenvalue weighted by atomic mass is 10.0. The van der Waals surface area contributed by atoms with E-state index in [1.165, 1.54) is 11.3 Å². The monoisotopic (exact) mass is 374 g/mol. The zero-order valence-electron chi connectivity index (χ0n) is 16.2. The summed E-state index contributed by atoms with van der Waals surface area (Å²) in [7, 11) is 1.58. The molecule has 1 fully saturated rings. The van der Waals surface area contributed by atoms with Gasteiger partial charge in [0.2, 0.25) is 0 Å². The number of fused-ring (bicyclic) bond motifs is 1. The zero-order chi connectivity index (χ0) is 19.4. The number of hydrogen-bond acceptors (Lipinski definition) is 4. The van der Waals surface area contributed by atoms with Crippen LogP contribution in [0.4, 0.5) is 5.69 Å². The second-order valence-corrected chi connectivity index (χ2v) is 7.18. The lowest BCUT2D eigenvalue weighted by molar-refractivity contribution is -0.900. The SMILES string of the molecule is CCOC(=O)c1[nH]c2ccc(OC)cc2c1NC(=O)C[NH+]1CCC[C@@H](C)C1. The van der Waals surface area contributed by atoms with Gasteiger partial charge in [-0.05, 0) is 38.0 Å². The molecule has 3 rings (SSSR count). The third kappa shape index (κ3) is 4.42. The minimum atomic E-state index is -0.484. The first kappa shape index (κ1) is 19.2. The number of carbonyl (C=O) groups excluding carboxylic acids is 2. The van der Waals surface area contributed by atoms with Crippen molar-refractivity contribution in [3.63, 3.8) is 0 Å². The molecule has 2 heterocycles. The van der Waals surface area contributed by atoms with Crippen LogP contribution in [0.25, 0.3) is 10.9 Å². The maximum absolute atomic E-state index is 12.7. The molecule has 1 amide bonds. The maximum atomic E-state index is 12.7. The summed E-state index contributed by atoms with van der Waals surface area (Å²) in [6, 6.07) is 5.43. The van der Waals surface area contributed by atoms with Gasteiger partial charge in [0.1, 0.15) is 11.4 Å². The minimum absolute atomic E-state index is 0.103. The van der Waals surface area contributed by atoms with Crippen LogP contribution in [0, 0.1) is 5.92 Å². The first-order valence-electron chi connectivity index (χ1n) is 9.52. The van der Waals surface area contributed by atoms with Crippen LogP contribution in [-0.2, 0) is 9.53 Å². The highest BCUT2D eigenvalue weighted by atomic mass is 16.5. The Balaban J connectivity index is 1.86. The molecule has 0 bridgehead atoms. The molecule has 1 unspecified atom stereocenters. The predicted molar refractivity (Wildman–Crippen MR) is 103 cm³/mol. The number of quaternary nitrogens is 1. The average Bonchev–Trinajstić information content (AvgIpc) is 2.99. The number of carbonyl (C=O) groups is 2. The van der Waals surface area contributed by atoms with Gasteiger partial charge in [-0.15, -0.1) is 0 Å². The number of rotatable bonds is 6. The molecule has 1 aromatic heterocycles. The number of amides is 1. The quantitative estimate of drug-likeness (QED) is 0.671. The van der Waals surface area contributed by atoms with E-state index in [2.05, 4.69) is 17.2 Å². The van der Waals surface area contributed by atoms with Crippen LogP contribution in [0.2, 0.25) is 0 Å². The molecular formula is C20H28N3O4+. The van der Waals surface area contributed by atoms with E-state index in [0.717, 1.165) is 30.4 Å². The molecule has 2 aromatic rings. The number of piperidine rings is 1. The Bertz CT molecular complexity index is 830. The summed E-state index contributed by atoms with van der Waals surface area (Å²) < 4.78 is 10.4. The number of methoxy groups -OCH3 is 1. The van der Waals surface area contributed by atoms with Crippen molar-refractivity contribution >= 4 is 28.5 Å². The number of aromatic amines is 1. The second-order valence-electron chi connectivity index (χ2n) is 7.18. The fourth-order valence-electron chi connectivity index (χ4n) is 3.75. The van der Waals surface area contributed by atoms with E-state index in [1.54, 1.807) is 26.2 Å². The number of aromatic nitrogens is 1. The first-order valence-corrected chi connectivity index (χ1v) is 9.52. The van der Waals surface area contributed by atoms with Gasteiger partial charge in [-0.1, -0.05) is 6.92 Å². The van der Waals surface area contributed by atoms with Crippen molar-refractivity contribution in [3.05, 3.63) is 23.9 Å². The van der Waals surface area contributed by atoms with E-state index in [0.29, 0.717) is 23.9 Å². The van der Waals surface area contributed by atoms with Crippen LogP contribution in [0.1, 0.15) is 37.2 Å². The summed E-state index contributed by atoms with van der Waals surface area (Å²) in [4.78, 5) is 29.4. The molecule has 27 heavy (non-hydrogen) atoms. The third-order valence-corrected chi connectivity index (χ3v) is 5.02. The smallest absolute Gasteiger partial charge is 0.356 e. The summed E-state index contributed by atoms with van der Waals surface area (Å²) in [5.74, 6) is 0.701. The molecule has 0 aliphatic carbocycles. The Kier molecular flexibility index (Phi) is 6.01. The van der Waals surface area contributed by atoms with Crippen LogP contribution in [-0.4, -0.2) is 50.2 Å². The fourth-order valence-corrected chi connectivity index (χ4v) is 3.75. The van der Waals surface area contributed by atoms with E-state index in [4.69, 9.17) is 9.47 Å². The van der Waals surface area contributed by atoms with Crippen molar-refractivity contribution in [2.75, 3.05) is 38.7 Å². The molecule has 7 heteroatoms. The Morgan fingerprint density at radius 2 is 2.19 bits per heavy atom. The third-order valence-electron chi connectivity index (χ3n) is 5.02. The number of benzene rings is 1. The largest absolute Gasteiger partial charge is 0.497 e. The number of likely N-dealkylation sites (tertiary alicyclic amines) is 1. The molecule has 2 atom stereocenters. The average molecular weight is 374 g/mol. The van der Waals surface area contributed by atoms with Crippen molar-refractivity contribution in [1.82, 2.24) is 4.98 Å². The topological polar surface area (TPSA) is 84.9 Å². The lowest BCUT2D eigenvalue weighted by Gasteiger charge is -2.27. The molecule has 3 N–H and O–H groups in total. The van der Waals surface area contributed by atoms with Crippen LogP contribution in [0.3, 0.4) is 0 Å². The second kappa shape index (κ2) is 8.43. The Morgan fingerprint density at radius 1 is 1.37 bits per heavy atom. The molecule has 1 saturated heterocycles. The Labute approximate surface area is 159 Å². The molecule has 1 aliphatic rings. The Hall–Kier alpha value is -2.54. The molecular weight excluding hydrogens is 346 g/mol. The number of anilines is 1. The highest BCUT2D eigenvalue weighted by molar-refractivity contribution is 6.11. The van der Waals surface area contributed by atoms with Crippen molar-refractivity contribution in [2.45, 2.75) is 26.7 Å². The number of esters is 1. The Morgan fingerprint density at radius 3 is 2.89 bits per heavy atom. The van der Waals surface area contributed by atoms with Gasteiger partial charge in [-0.2, -0.15) is 0 Å². The van der Waals surface area contributed by atoms with Gasteiger partial charge in [0.05, 0.1) is 32.5 Å². The maximum Gasteiger partial charge on any atom is 0.356 e. The van der Waals surface area contributed by atoms with Gasteiger partial charge in [0, 0.05) is 16.8 Å². The molecule has 1 aromatic carbocycles. The molecule has 146 valence electrons. The summed E-state index contributed by atoms with van der Waals surface area (Å²) in [5, 5.41) is 3.67. The summed E-state index contributed by atoms with van der Waals surface area (Å²) in [5.41, 5.74) is 1.46. The van der Waals surface area contributed by atoms with Gasteiger partial charge in [-0.3, -0.25) is 4.79 Å². The number of nitrogens with one attached hydrogen (secondary N) is 3. The summed E-state index contributed by atoms with van der Waals surface area (Å²) in [6.45, 7) is 6.64. The van der Waals surface area contributed by atoms with E-state index < -0.39 is 5.97 Å². The molecule has 7 nitrogen and oxygen atoms in total. The standard InChI is InChI=1S/C20H27N3O4/c1-4-27-20(25)19-18(15-10-14(26-3)7-8-16(15)21-19)22-17(24)12-23-9-5-6-13(2)11-23/h7-8,10,13,21H,4-6,9,11-12H2,1-3H3,(H,22,24)/p+1/t13-/m1/s1. The molecule has 0 saturated carbocycles. The van der Waals surface area contributed by atoms with Gasteiger partial charge in [-0.25, -0.2) is 4.79 Å². The fraction of sp³-hybridized carbons (Fsp3) is 0.500. The van der Waals surface area contributed by atoms with Gasteiger partial charge >= 0.3 is 5.97 Å². The van der Waals surface area contributed by atoms with Gasteiger partial charge in [0.25, 0.3) is 5.91 Å². The van der Waals surface area contributed by atoms with Gasteiger partial charge < -0.3 is 24.7 Å². The highest BCUT2D eigenvalue weighted by Crippen LogP contribution is 2.31. The van der Waals surface area contributed by atoms with Gasteiger partial charge in [0.15, 0.2) is 6.54 Å². The van der Waals surface area contributed by atoms with Crippen molar-refractivity contribution in [3.8, 4) is 5.75 Å². The molecule has 0 radical (unpaired) electrons. The van der Waals surface area contributed by atoms with Crippen LogP contribution >= 0.6 is 0 Å². The van der Waals surface area contributed by atoms with Crippen LogP contribution < -0.4 is 15.0 Å². The van der Waals surface area contributed by atoms with Crippen molar-refractivity contribution in [1.29, 1.82) is 0 Å².